The number of carbonyl (C=O) groups is 2. The number of rotatable bonds is 5. The molecule has 0 aromatic carbocycles. The van der Waals surface area contributed by atoms with Gasteiger partial charge in [-0.1, -0.05) is 0 Å². The quantitative estimate of drug-likeness (QED) is 0.532. The molecule has 1 atom stereocenters. The number of carbonyl (C=O) groups excluding carboxylic acids is 2. The Morgan fingerprint density at radius 2 is 2.07 bits per heavy atom. The van der Waals surface area contributed by atoms with Crippen LogP contribution in [-0.4, -0.2) is 24.4 Å². The van der Waals surface area contributed by atoms with Crippen molar-refractivity contribution in [1.29, 1.82) is 5.26 Å². The second-order valence-corrected chi connectivity index (χ2v) is 3.99. The molecule has 0 aromatic heterocycles. The maximum atomic E-state index is 11.3. The summed E-state index contributed by atoms with van der Waals surface area (Å²) in [4.78, 5) is 21.8. The lowest BCUT2D eigenvalue weighted by atomic mass is 9.96. The summed E-state index contributed by atoms with van der Waals surface area (Å²) in [6.45, 7) is 3.56. The molecule has 6 nitrogen and oxygen atoms in total. The van der Waals surface area contributed by atoms with E-state index in [1.54, 1.807) is 13.8 Å². The first-order valence-electron chi connectivity index (χ1n) is 4.51. The predicted octanol–water partition coefficient (Wildman–Crippen LogP) is -1.14. The summed E-state index contributed by atoms with van der Waals surface area (Å²) >= 11 is 0. The van der Waals surface area contributed by atoms with Crippen LogP contribution in [0.1, 0.15) is 20.3 Å². The fraction of sp³-hybridized carbons (Fsp3) is 0.667. The van der Waals surface area contributed by atoms with Crippen molar-refractivity contribution in [2.45, 2.75) is 26.3 Å². The van der Waals surface area contributed by atoms with E-state index in [1.165, 1.54) is 0 Å². The topological polar surface area (TPSA) is 122 Å². The normalized spacial score (nSPS) is 12.7. The minimum Gasteiger partial charge on any atom is -0.370 e. The van der Waals surface area contributed by atoms with Gasteiger partial charge in [-0.2, -0.15) is 5.26 Å². The third kappa shape index (κ3) is 5.65. The summed E-state index contributed by atoms with van der Waals surface area (Å²) in [5, 5.41) is 11.2. The van der Waals surface area contributed by atoms with Crippen LogP contribution in [0.3, 0.4) is 0 Å². The fourth-order valence-corrected chi connectivity index (χ4v) is 0.788. The summed E-state index contributed by atoms with van der Waals surface area (Å²) in [7, 11) is 0. The average molecular weight is 212 g/mol. The summed E-state index contributed by atoms with van der Waals surface area (Å²) in [5.41, 5.74) is 9.63. The molecule has 0 aliphatic heterocycles. The molecule has 0 bridgehead atoms. The molecule has 15 heavy (non-hydrogen) atoms. The number of nitrogens with zero attached hydrogens (tertiary/aromatic N) is 1. The first-order valence-corrected chi connectivity index (χ1v) is 4.51. The maximum absolute atomic E-state index is 11.3. The molecule has 5 N–H and O–H groups in total. The highest BCUT2D eigenvalue weighted by atomic mass is 16.2. The smallest absolute Gasteiger partial charge is 0.237 e. The van der Waals surface area contributed by atoms with Crippen molar-refractivity contribution in [2.24, 2.45) is 16.9 Å². The van der Waals surface area contributed by atoms with E-state index in [0.29, 0.717) is 0 Å². The Labute approximate surface area is 88.6 Å². The third-order valence-electron chi connectivity index (χ3n) is 1.77. The third-order valence-corrected chi connectivity index (χ3v) is 1.77. The number of nitrogens with one attached hydrogen (secondary N) is 1. The molecular formula is C9H16N4O2. The first kappa shape index (κ1) is 13.4. The van der Waals surface area contributed by atoms with Crippen LogP contribution in [0.15, 0.2) is 0 Å². The van der Waals surface area contributed by atoms with Crippen molar-refractivity contribution in [3.05, 3.63) is 0 Å². The molecule has 0 fully saturated rings. The molecule has 0 radical (unpaired) electrons. The maximum Gasteiger partial charge on any atom is 0.237 e. The number of primary amides is 1. The van der Waals surface area contributed by atoms with E-state index >= 15 is 0 Å². The van der Waals surface area contributed by atoms with Gasteiger partial charge in [-0.3, -0.25) is 9.59 Å². The van der Waals surface area contributed by atoms with Crippen LogP contribution >= 0.6 is 0 Å². The molecule has 2 amide bonds. The van der Waals surface area contributed by atoms with Gasteiger partial charge in [-0.25, -0.2) is 0 Å². The van der Waals surface area contributed by atoms with Gasteiger partial charge in [0.2, 0.25) is 11.8 Å². The van der Waals surface area contributed by atoms with Crippen molar-refractivity contribution < 1.29 is 9.59 Å². The minimum atomic E-state index is -0.947. The lowest BCUT2D eigenvalue weighted by Gasteiger charge is -2.17. The van der Waals surface area contributed by atoms with E-state index in [2.05, 4.69) is 5.32 Å². The summed E-state index contributed by atoms with van der Waals surface area (Å²) in [6.07, 6.45) is -0.196. The van der Waals surface area contributed by atoms with Gasteiger partial charge in [0.1, 0.15) is 0 Å². The molecule has 0 aromatic rings. The molecule has 0 spiro atoms. The monoisotopic (exact) mass is 212 g/mol. The van der Waals surface area contributed by atoms with E-state index in [9.17, 15) is 9.59 Å². The Bertz CT molecular complexity index is 293. The zero-order chi connectivity index (χ0) is 12.1. The van der Waals surface area contributed by atoms with Gasteiger partial charge in [-0.05, 0) is 13.8 Å². The van der Waals surface area contributed by atoms with Crippen molar-refractivity contribution in [1.82, 2.24) is 5.32 Å². The molecule has 0 rings (SSSR count). The van der Waals surface area contributed by atoms with E-state index in [0.717, 1.165) is 0 Å². The highest BCUT2D eigenvalue weighted by Crippen LogP contribution is 2.10. The van der Waals surface area contributed by atoms with Crippen molar-refractivity contribution >= 4 is 11.8 Å². The summed E-state index contributed by atoms with van der Waals surface area (Å²) in [5.74, 6) is -1.10. The Morgan fingerprint density at radius 3 is 2.47 bits per heavy atom. The van der Waals surface area contributed by atoms with Crippen LogP contribution in [-0.2, 0) is 9.59 Å². The van der Waals surface area contributed by atoms with E-state index in [4.69, 9.17) is 16.7 Å². The van der Waals surface area contributed by atoms with Crippen molar-refractivity contribution in [3.63, 3.8) is 0 Å². The number of hydrogen-bond acceptors (Lipinski definition) is 4. The van der Waals surface area contributed by atoms with Crippen LogP contribution in [0.25, 0.3) is 0 Å². The zero-order valence-corrected chi connectivity index (χ0v) is 8.91. The number of amides is 2. The van der Waals surface area contributed by atoms with Gasteiger partial charge >= 0.3 is 0 Å². The van der Waals surface area contributed by atoms with Gasteiger partial charge in [-0.15, -0.1) is 0 Å². The summed E-state index contributed by atoms with van der Waals surface area (Å²) in [6, 6.07) is 1.08. The molecule has 6 heteroatoms. The van der Waals surface area contributed by atoms with Crippen LogP contribution in [0.2, 0.25) is 0 Å². The second-order valence-electron chi connectivity index (χ2n) is 3.99. The largest absolute Gasteiger partial charge is 0.370 e. The Hall–Kier alpha value is -1.61. The SMILES string of the molecule is CC(C)(C#N)CNC(=O)C(N)CC(N)=O. The molecule has 0 heterocycles. The fourth-order valence-electron chi connectivity index (χ4n) is 0.788. The summed E-state index contributed by atoms with van der Waals surface area (Å²) < 4.78 is 0. The van der Waals surface area contributed by atoms with Crippen LogP contribution in [0.5, 0.6) is 0 Å². The van der Waals surface area contributed by atoms with Crippen LogP contribution in [0, 0.1) is 16.7 Å². The molecule has 0 saturated carbocycles. The van der Waals surface area contributed by atoms with Crippen LogP contribution < -0.4 is 16.8 Å². The lowest BCUT2D eigenvalue weighted by molar-refractivity contribution is -0.126. The van der Waals surface area contributed by atoms with Gasteiger partial charge < -0.3 is 16.8 Å². The standard InChI is InChI=1S/C9H16N4O2/c1-9(2,4-10)5-13-8(15)6(11)3-7(12)14/h6H,3,5,11H2,1-2H3,(H2,12,14)(H,13,15). The Kier molecular flexibility index (Phi) is 4.74. The first-order chi connectivity index (χ1) is 6.78. The lowest BCUT2D eigenvalue weighted by Crippen LogP contribution is -2.45. The zero-order valence-electron chi connectivity index (χ0n) is 8.91. The Balaban J connectivity index is 4.05. The molecule has 1 unspecified atom stereocenters. The van der Waals surface area contributed by atoms with Crippen molar-refractivity contribution in [3.8, 4) is 6.07 Å². The number of hydrogen-bond donors (Lipinski definition) is 3. The number of nitrogens with two attached hydrogens (primary N) is 2. The van der Waals surface area contributed by atoms with E-state index < -0.39 is 23.3 Å². The minimum absolute atomic E-state index is 0.189. The molecule has 0 saturated heterocycles. The molecular weight excluding hydrogens is 196 g/mol. The predicted molar refractivity (Wildman–Crippen MR) is 54.2 cm³/mol. The molecule has 0 aliphatic carbocycles. The highest BCUT2D eigenvalue weighted by Gasteiger charge is 2.21. The van der Waals surface area contributed by atoms with Crippen LogP contribution in [0.4, 0.5) is 0 Å². The second kappa shape index (κ2) is 5.32. The van der Waals surface area contributed by atoms with E-state index in [1.807, 2.05) is 6.07 Å². The average Bonchev–Trinajstić information content (AvgIpc) is 2.13. The van der Waals surface area contributed by atoms with Gasteiger partial charge in [0, 0.05) is 6.54 Å². The van der Waals surface area contributed by atoms with Gasteiger partial charge in [0.25, 0.3) is 0 Å². The highest BCUT2D eigenvalue weighted by molar-refractivity contribution is 5.87. The molecule has 84 valence electrons. The molecule has 0 aliphatic rings. The van der Waals surface area contributed by atoms with Crippen molar-refractivity contribution in [2.75, 3.05) is 6.54 Å². The van der Waals surface area contributed by atoms with E-state index in [-0.39, 0.29) is 13.0 Å². The van der Waals surface area contributed by atoms with Gasteiger partial charge in [0.05, 0.1) is 23.9 Å². The van der Waals surface area contributed by atoms with Gasteiger partial charge in [0.15, 0.2) is 0 Å². The Morgan fingerprint density at radius 1 is 1.53 bits per heavy atom. The number of nitriles is 1.